The lowest BCUT2D eigenvalue weighted by Crippen LogP contribution is -2.39. The third kappa shape index (κ3) is 4.62. The summed E-state index contributed by atoms with van der Waals surface area (Å²) in [5.41, 5.74) is 0.958. The Labute approximate surface area is 122 Å². The molecule has 0 aliphatic heterocycles. The molecule has 0 fully saturated rings. The van der Waals surface area contributed by atoms with Crippen molar-refractivity contribution in [1.29, 1.82) is 0 Å². The van der Waals surface area contributed by atoms with Crippen LogP contribution in [-0.4, -0.2) is 25.8 Å². The van der Waals surface area contributed by atoms with Crippen molar-refractivity contribution in [3.8, 4) is 0 Å². The minimum absolute atomic E-state index is 0.176. The maximum atomic E-state index is 11.9. The maximum absolute atomic E-state index is 11.9. The Bertz CT molecular complexity index is 540. The van der Waals surface area contributed by atoms with E-state index < -0.39 is 21.0 Å². The molecule has 0 bridgehead atoms. The zero-order chi connectivity index (χ0) is 14.6. The quantitative estimate of drug-likeness (QED) is 0.889. The molecular weight excluding hydrogens is 330 g/mol. The summed E-state index contributed by atoms with van der Waals surface area (Å²) in [6.45, 7) is 3.34. The molecule has 0 spiro atoms. The Kier molecular flexibility index (Phi) is 5.55. The van der Waals surface area contributed by atoms with Gasteiger partial charge in [0.05, 0.1) is 6.04 Å². The topological polar surface area (TPSA) is 63.2 Å². The van der Waals surface area contributed by atoms with Crippen molar-refractivity contribution < 1.29 is 13.2 Å². The van der Waals surface area contributed by atoms with Crippen molar-refractivity contribution in [2.75, 3.05) is 6.26 Å². The zero-order valence-corrected chi connectivity index (χ0v) is 13.6. The highest BCUT2D eigenvalue weighted by Crippen LogP contribution is 2.19. The Morgan fingerprint density at radius 1 is 1.32 bits per heavy atom. The number of carbonyl (C=O) groups is 1. The summed E-state index contributed by atoms with van der Waals surface area (Å²) in [7, 11) is -3.36. The summed E-state index contributed by atoms with van der Waals surface area (Å²) in [6.07, 6.45) is 1.77. The molecule has 0 aliphatic carbocycles. The van der Waals surface area contributed by atoms with Crippen molar-refractivity contribution in [2.45, 2.75) is 31.6 Å². The van der Waals surface area contributed by atoms with E-state index in [1.54, 1.807) is 0 Å². The van der Waals surface area contributed by atoms with Gasteiger partial charge in [-0.3, -0.25) is 4.79 Å². The van der Waals surface area contributed by atoms with Crippen LogP contribution in [0.15, 0.2) is 28.7 Å². The van der Waals surface area contributed by atoms with Crippen molar-refractivity contribution in [2.24, 2.45) is 0 Å². The van der Waals surface area contributed by atoms with Crippen LogP contribution in [0.3, 0.4) is 0 Å². The number of halogens is 1. The van der Waals surface area contributed by atoms with E-state index in [2.05, 4.69) is 21.2 Å². The van der Waals surface area contributed by atoms with Crippen LogP contribution in [0.5, 0.6) is 0 Å². The number of amides is 1. The third-order valence-corrected chi connectivity index (χ3v) is 5.04. The standard InChI is InChI=1S/C13H18BrNO3S/c1-4-12(10-5-7-11(14)8-6-10)15-13(16)9(2)19(3,17)18/h5-9,12H,4H2,1-3H3,(H,15,16). The number of rotatable bonds is 5. The predicted octanol–water partition coefficient (Wildman–Crippen LogP) is 2.45. The molecule has 0 aliphatic rings. The molecule has 1 aromatic carbocycles. The molecule has 2 unspecified atom stereocenters. The van der Waals surface area contributed by atoms with Gasteiger partial charge in [-0.05, 0) is 31.0 Å². The highest BCUT2D eigenvalue weighted by Gasteiger charge is 2.25. The van der Waals surface area contributed by atoms with E-state index in [1.165, 1.54) is 6.92 Å². The highest BCUT2D eigenvalue weighted by atomic mass is 79.9. The number of nitrogens with one attached hydrogen (secondary N) is 1. The zero-order valence-electron chi connectivity index (χ0n) is 11.2. The fraction of sp³-hybridized carbons (Fsp3) is 0.462. The second-order valence-electron chi connectivity index (χ2n) is 4.49. The van der Waals surface area contributed by atoms with E-state index >= 15 is 0 Å². The number of carbonyl (C=O) groups excluding carboxylic acids is 1. The van der Waals surface area contributed by atoms with Crippen molar-refractivity contribution in [3.05, 3.63) is 34.3 Å². The van der Waals surface area contributed by atoms with Gasteiger partial charge in [-0.2, -0.15) is 0 Å². The monoisotopic (exact) mass is 347 g/mol. The molecule has 6 heteroatoms. The molecule has 0 heterocycles. The third-order valence-electron chi connectivity index (χ3n) is 3.01. The fourth-order valence-electron chi connectivity index (χ4n) is 1.60. The molecule has 0 radical (unpaired) electrons. The largest absolute Gasteiger partial charge is 0.348 e. The van der Waals surface area contributed by atoms with Crippen LogP contribution in [0.4, 0.5) is 0 Å². The minimum atomic E-state index is -3.36. The normalized spacial score (nSPS) is 14.7. The van der Waals surface area contributed by atoms with E-state index in [4.69, 9.17) is 0 Å². The summed E-state index contributed by atoms with van der Waals surface area (Å²) >= 11 is 3.35. The first-order valence-corrected chi connectivity index (χ1v) is 8.75. The smallest absolute Gasteiger partial charge is 0.238 e. The summed E-state index contributed by atoms with van der Waals surface area (Å²) in [5.74, 6) is -0.461. The average Bonchev–Trinajstić information content (AvgIpc) is 2.34. The lowest BCUT2D eigenvalue weighted by molar-refractivity contribution is -0.121. The molecule has 0 saturated carbocycles. The Morgan fingerprint density at radius 2 is 1.84 bits per heavy atom. The molecule has 106 valence electrons. The van der Waals surface area contributed by atoms with Gasteiger partial charge < -0.3 is 5.32 Å². The van der Waals surface area contributed by atoms with Crippen LogP contribution in [0.25, 0.3) is 0 Å². The summed E-state index contributed by atoms with van der Waals surface area (Å²) in [6, 6.07) is 7.42. The van der Waals surface area contributed by atoms with Gasteiger partial charge in [0, 0.05) is 10.7 Å². The molecule has 1 amide bonds. The lowest BCUT2D eigenvalue weighted by Gasteiger charge is -2.19. The summed E-state index contributed by atoms with van der Waals surface area (Å²) in [4.78, 5) is 11.9. The second kappa shape index (κ2) is 6.52. The molecule has 1 rings (SSSR count). The van der Waals surface area contributed by atoms with Crippen LogP contribution in [0.2, 0.25) is 0 Å². The van der Waals surface area contributed by atoms with E-state index in [-0.39, 0.29) is 6.04 Å². The molecule has 1 aromatic rings. The van der Waals surface area contributed by atoms with E-state index in [0.717, 1.165) is 16.3 Å². The maximum Gasteiger partial charge on any atom is 0.238 e. The number of hydrogen-bond donors (Lipinski definition) is 1. The first-order valence-electron chi connectivity index (χ1n) is 6.00. The number of benzene rings is 1. The van der Waals surface area contributed by atoms with Gasteiger partial charge in [0.1, 0.15) is 5.25 Å². The van der Waals surface area contributed by atoms with Gasteiger partial charge in [-0.1, -0.05) is 35.0 Å². The van der Waals surface area contributed by atoms with Gasteiger partial charge in [-0.15, -0.1) is 0 Å². The first-order chi connectivity index (χ1) is 8.75. The minimum Gasteiger partial charge on any atom is -0.348 e. The average molecular weight is 348 g/mol. The molecule has 19 heavy (non-hydrogen) atoms. The van der Waals surface area contributed by atoms with E-state index in [9.17, 15) is 13.2 Å². The van der Waals surface area contributed by atoms with Gasteiger partial charge in [0.15, 0.2) is 9.84 Å². The first kappa shape index (κ1) is 16.2. The predicted molar refractivity (Wildman–Crippen MR) is 79.6 cm³/mol. The lowest BCUT2D eigenvalue weighted by atomic mass is 10.0. The molecule has 0 aromatic heterocycles. The van der Waals surface area contributed by atoms with Crippen molar-refractivity contribution in [3.63, 3.8) is 0 Å². The van der Waals surface area contributed by atoms with Crippen LogP contribution >= 0.6 is 15.9 Å². The fourth-order valence-corrected chi connectivity index (χ4v) is 2.32. The highest BCUT2D eigenvalue weighted by molar-refractivity contribution is 9.10. The molecular formula is C13H18BrNO3S. The Morgan fingerprint density at radius 3 is 2.26 bits per heavy atom. The van der Waals surface area contributed by atoms with Gasteiger partial charge in [0.2, 0.25) is 5.91 Å². The molecule has 2 atom stereocenters. The second-order valence-corrected chi connectivity index (χ2v) is 7.77. The van der Waals surface area contributed by atoms with Crippen LogP contribution < -0.4 is 5.32 Å². The van der Waals surface area contributed by atoms with Crippen LogP contribution in [0, 0.1) is 0 Å². The molecule has 4 nitrogen and oxygen atoms in total. The SMILES string of the molecule is CCC(NC(=O)C(C)S(C)(=O)=O)c1ccc(Br)cc1. The van der Waals surface area contributed by atoms with Crippen LogP contribution in [0.1, 0.15) is 31.9 Å². The Balaban J connectivity index is 2.83. The van der Waals surface area contributed by atoms with E-state index in [1.807, 2.05) is 31.2 Å². The summed E-state index contributed by atoms with van der Waals surface area (Å²) in [5, 5.41) is 1.74. The van der Waals surface area contributed by atoms with Gasteiger partial charge >= 0.3 is 0 Å². The molecule has 1 N–H and O–H groups in total. The number of sulfone groups is 1. The Hall–Kier alpha value is -0.880. The van der Waals surface area contributed by atoms with Gasteiger partial charge in [-0.25, -0.2) is 8.42 Å². The van der Waals surface area contributed by atoms with E-state index in [0.29, 0.717) is 6.42 Å². The van der Waals surface area contributed by atoms with Gasteiger partial charge in [0.25, 0.3) is 0 Å². The van der Waals surface area contributed by atoms with Crippen molar-refractivity contribution in [1.82, 2.24) is 5.32 Å². The van der Waals surface area contributed by atoms with Crippen LogP contribution in [-0.2, 0) is 14.6 Å². The molecule has 0 saturated heterocycles. The summed E-state index contributed by atoms with van der Waals surface area (Å²) < 4.78 is 23.7. The van der Waals surface area contributed by atoms with Crippen molar-refractivity contribution >= 4 is 31.7 Å². The number of hydrogen-bond acceptors (Lipinski definition) is 3.